The third-order valence-corrected chi connectivity index (χ3v) is 3.91. The summed E-state index contributed by atoms with van der Waals surface area (Å²) in [6, 6.07) is 7.54. The Morgan fingerprint density at radius 2 is 2.00 bits per heavy atom. The van der Waals surface area contributed by atoms with E-state index in [4.69, 9.17) is 4.52 Å². The van der Waals surface area contributed by atoms with Gasteiger partial charge in [0.2, 0.25) is 5.91 Å². The molecule has 2 N–H and O–H groups in total. The van der Waals surface area contributed by atoms with Gasteiger partial charge in [0.05, 0.1) is 0 Å². The summed E-state index contributed by atoms with van der Waals surface area (Å²) in [7, 11) is 0. The number of fused-ring (bicyclic) bond motifs is 1. The van der Waals surface area contributed by atoms with Gasteiger partial charge in [-0.25, -0.2) is 0 Å². The van der Waals surface area contributed by atoms with Crippen LogP contribution in [-0.2, 0) is 11.2 Å². The van der Waals surface area contributed by atoms with E-state index < -0.39 is 0 Å². The number of hydrogen-bond donors (Lipinski definition) is 2. The molecule has 0 aliphatic carbocycles. The van der Waals surface area contributed by atoms with Gasteiger partial charge in [0, 0.05) is 29.0 Å². The summed E-state index contributed by atoms with van der Waals surface area (Å²) in [6.45, 7) is 5.76. The molecule has 0 spiro atoms. The molecule has 3 aromatic rings. The number of anilines is 1. The van der Waals surface area contributed by atoms with Gasteiger partial charge in [0.15, 0.2) is 5.82 Å². The third-order valence-electron chi connectivity index (χ3n) is 3.91. The van der Waals surface area contributed by atoms with E-state index in [1.165, 1.54) is 0 Å². The number of nitrogens with zero attached hydrogens (tertiary/aromatic N) is 1. The number of carbonyl (C=O) groups is 1. The number of benzene rings is 1. The minimum absolute atomic E-state index is 0.155. The molecule has 24 heavy (non-hydrogen) atoms. The minimum atomic E-state index is -0.205. The number of hydrogen-bond acceptors (Lipinski definition) is 4. The average Bonchev–Trinajstić information content (AvgIpc) is 2.90. The van der Waals surface area contributed by atoms with Crippen LogP contribution in [0.5, 0.6) is 0 Å². The Bertz CT molecular complexity index is 969. The largest absolute Gasteiger partial charge is 0.360 e. The fraction of sp³-hybridized carbons (Fsp3) is 0.278. The molecule has 0 bridgehead atoms. The molecule has 6 heteroatoms. The van der Waals surface area contributed by atoms with E-state index >= 15 is 0 Å². The van der Waals surface area contributed by atoms with E-state index in [0.717, 1.165) is 22.0 Å². The number of nitrogens with one attached hydrogen (secondary N) is 2. The minimum Gasteiger partial charge on any atom is -0.360 e. The van der Waals surface area contributed by atoms with Gasteiger partial charge < -0.3 is 14.8 Å². The Hall–Kier alpha value is -2.89. The van der Waals surface area contributed by atoms with Gasteiger partial charge in [-0.3, -0.25) is 9.59 Å². The van der Waals surface area contributed by atoms with Crippen molar-refractivity contribution in [1.82, 2.24) is 10.1 Å². The molecule has 2 heterocycles. The van der Waals surface area contributed by atoms with Crippen molar-refractivity contribution in [1.29, 1.82) is 0 Å². The number of aromatic amines is 1. The molecule has 0 unspecified atom stereocenters. The van der Waals surface area contributed by atoms with E-state index in [0.29, 0.717) is 23.6 Å². The van der Waals surface area contributed by atoms with Gasteiger partial charge in [-0.05, 0) is 50.5 Å². The Morgan fingerprint density at radius 1 is 1.21 bits per heavy atom. The van der Waals surface area contributed by atoms with Crippen molar-refractivity contribution in [2.24, 2.45) is 0 Å². The lowest BCUT2D eigenvalue weighted by atomic mass is 10.0. The number of aryl methyl sites for hydroxylation is 4. The van der Waals surface area contributed by atoms with Gasteiger partial charge >= 0.3 is 0 Å². The van der Waals surface area contributed by atoms with Crippen molar-refractivity contribution in [3.05, 3.63) is 57.1 Å². The van der Waals surface area contributed by atoms with Gasteiger partial charge in [-0.1, -0.05) is 11.2 Å². The second-order valence-corrected chi connectivity index (χ2v) is 6.04. The average molecular weight is 325 g/mol. The highest BCUT2D eigenvalue weighted by molar-refractivity contribution is 5.90. The van der Waals surface area contributed by atoms with Crippen molar-refractivity contribution >= 4 is 22.6 Å². The lowest BCUT2D eigenvalue weighted by Gasteiger charge is -2.07. The number of amides is 1. The summed E-state index contributed by atoms with van der Waals surface area (Å²) in [6.07, 6.45) is 0.562. The van der Waals surface area contributed by atoms with E-state index in [1.807, 2.05) is 26.0 Å². The molecule has 0 saturated heterocycles. The highest BCUT2D eigenvalue weighted by atomic mass is 16.5. The van der Waals surface area contributed by atoms with Crippen LogP contribution in [0, 0.1) is 20.8 Å². The smallest absolute Gasteiger partial charge is 0.251 e. The first kappa shape index (κ1) is 16.0. The monoisotopic (exact) mass is 325 g/mol. The highest BCUT2D eigenvalue weighted by Gasteiger charge is 2.10. The Kier molecular flexibility index (Phi) is 4.20. The number of H-pyrrole nitrogens is 1. The first-order valence-corrected chi connectivity index (χ1v) is 7.79. The van der Waals surface area contributed by atoms with Gasteiger partial charge in [0.25, 0.3) is 5.56 Å². The van der Waals surface area contributed by atoms with Crippen molar-refractivity contribution < 1.29 is 9.32 Å². The SMILES string of the molecule is Cc1cc(C)c2cc(CCC(=O)Nc3cc(C)on3)c(=O)[nH]c2c1. The maximum Gasteiger partial charge on any atom is 0.251 e. The van der Waals surface area contributed by atoms with Crippen LogP contribution >= 0.6 is 0 Å². The maximum absolute atomic E-state index is 12.2. The molecule has 1 aromatic carbocycles. The molecule has 0 aliphatic heterocycles. The fourth-order valence-corrected chi connectivity index (χ4v) is 2.78. The Labute approximate surface area is 138 Å². The molecule has 6 nitrogen and oxygen atoms in total. The predicted octanol–water partition coefficient (Wildman–Crippen LogP) is 3.01. The van der Waals surface area contributed by atoms with Crippen LogP contribution in [0.4, 0.5) is 5.82 Å². The molecule has 0 aliphatic rings. The van der Waals surface area contributed by atoms with Gasteiger partial charge in [-0.15, -0.1) is 0 Å². The molecule has 124 valence electrons. The zero-order valence-electron chi connectivity index (χ0n) is 13.9. The van der Waals surface area contributed by atoms with Crippen molar-refractivity contribution in [2.75, 3.05) is 5.32 Å². The Balaban J connectivity index is 1.76. The summed E-state index contributed by atoms with van der Waals surface area (Å²) in [4.78, 5) is 27.1. The molecule has 0 saturated carbocycles. The van der Waals surface area contributed by atoms with Crippen LogP contribution in [0.1, 0.15) is 28.9 Å². The summed E-state index contributed by atoms with van der Waals surface area (Å²) in [5, 5.41) is 7.37. The van der Waals surface area contributed by atoms with Crippen LogP contribution in [-0.4, -0.2) is 16.0 Å². The number of carbonyl (C=O) groups excluding carboxylic acids is 1. The molecule has 1 amide bonds. The molecule has 0 atom stereocenters. The molecular weight excluding hydrogens is 306 g/mol. The predicted molar refractivity (Wildman–Crippen MR) is 92.2 cm³/mol. The van der Waals surface area contributed by atoms with Crippen LogP contribution < -0.4 is 10.9 Å². The normalized spacial score (nSPS) is 11.0. The summed E-state index contributed by atoms with van der Waals surface area (Å²) in [5.74, 6) is 0.807. The van der Waals surface area contributed by atoms with Crippen LogP contribution in [0.3, 0.4) is 0 Å². The van der Waals surface area contributed by atoms with E-state index in [1.54, 1.807) is 13.0 Å². The molecular formula is C18H19N3O3. The highest BCUT2D eigenvalue weighted by Crippen LogP contribution is 2.19. The van der Waals surface area contributed by atoms with E-state index in [-0.39, 0.29) is 17.9 Å². The second kappa shape index (κ2) is 6.31. The van der Waals surface area contributed by atoms with Gasteiger partial charge in [-0.2, -0.15) is 0 Å². The zero-order chi connectivity index (χ0) is 17.3. The summed E-state index contributed by atoms with van der Waals surface area (Å²) >= 11 is 0. The van der Waals surface area contributed by atoms with E-state index in [9.17, 15) is 9.59 Å². The molecule has 3 rings (SSSR count). The van der Waals surface area contributed by atoms with Crippen LogP contribution in [0.25, 0.3) is 10.9 Å². The van der Waals surface area contributed by atoms with Crippen molar-refractivity contribution in [3.8, 4) is 0 Å². The fourth-order valence-electron chi connectivity index (χ4n) is 2.78. The number of rotatable bonds is 4. The summed E-state index contributed by atoms with van der Waals surface area (Å²) in [5.41, 5.74) is 3.47. The first-order valence-electron chi connectivity index (χ1n) is 7.79. The van der Waals surface area contributed by atoms with E-state index in [2.05, 4.69) is 21.5 Å². The lowest BCUT2D eigenvalue weighted by Crippen LogP contribution is -2.17. The maximum atomic E-state index is 12.2. The quantitative estimate of drug-likeness (QED) is 0.772. The molecule has 2 aromatic heterocycles. The molecule has 0 radical (unpaired) electrons. The number of aromatic nitrogens is 2. The van der Waals surface area contributed by atoms with Crippen LogP contribution in [0.2, 0.25) is 0 Å². The van der Waals surface area contributed by atoms with Gasteiger partial charge in [0.1, 0.15) is 5.76 Å². The zero-order valence-corrected chi connectivity index (χ0v) is 13.9. The first-order chi connectivity index (χ1) is 11.4. The Morgan fingerprint density at radius 3 is 2.71 bits per heavy atom. The third kappa shape index (κ3) is 3.37. The van der Waals surface area contributed by atoms with Crippen LogP contribution in [0.15, 0.2) is 33.6 Å². The molecule has 0 fully saturated rings. The topological polar surface area (TPSA) is 88.0 Å². The standard InChI is InChI=1S/C18H19N3O3/c1-10-6-11(2)14-9-13(18(23)19-15(14)7-10)4-5-17(22)20-16-8-12(3)24-21-16/h6-9H,4-5H2,1-3H3,(H,19,23)(H,20,21,22). The van der Waals surface area contributed by atoms with Crippen molar-refractivity contribution in [2.45, 2.75) is 33.6 Å². The summed E-state index contributed by atoms with van der Waals surface area (Å²) < 4.78 is 4.90. The number of pyridine rings is 1. The second-order valence-electron chi connectivity index (χ2n) is 6.04. The lowest BCUT2D eigenvalue weighted by molar-refractivity contribution is -0.116. The van der Waals surface area contributed by atoms with Crippen molar-refractivity contribution in [3.63, 3.8) is 0 Å².